The Labute approximate surface area is 218 Å². The first-order valence-corrected chi connectivity index (χ1v) is 11.6. The van der Waals surface area contributed by atoms with Crippen molar-refractivity contribution in [2.75, 3.05) is 0 Å². The Morgan fingerprint density at radius 1 is 0.778 bits per heavy atom. The molecule has 0 heterocycles. The van der Waals surface area contributed by atoms with Crippen molar-refractivity contribution in [2.24, 2.45) is 5.10 Å². The van der Waals surface area contributed by atoms with E-state index >= 15 is 0 Å². The van der Waals surface area contributed by atoms with E-state index in [0.29, 0.717) is 44.8 Å². The predicted molar refractivity (Wildman–Crippen MR) is 140 cm³/mol. The van der Waals surface area contributed by atoms with Crippen LogP contribution in [0.25, 0.3) is 0 Å². The van der Waals surface area contributed by atoms with Crippen LogP contribution in [0.1, 0.15) is 31.8 Å². The van der Waals surface area contributed by atoms with E-state index in [1.165, 1.54) is 6.21 Å². The van der Waals surface area contributed by atoms with E-state index in [2.05, 4.69) is 10.5 Å². The molecule has 4 aromatic rings. The van der Waals surface area contributed by atoms with Crippen LogP contribution in [-0.4, -0.2) is 18.1 Å². The number of nitrogens with zero attached hydrogens (tertiary/aromatic N) is 1. The second-order valence-electron chi connectivity index (χ2n) is 7.57. The lowest BCUT2D eigenvalue weighted by molar-refractivity contribution is 0.0734. The summed E-state index contributed by atoms with van der Waals surface area (Å²) in [5.74, 6) is 0.000125. The number of esters is 1. The maximum atomic E-state index is 12.5. The maximum Gasteiger partial charge on any atom is 0.343 e. The van der Waals surface area contributed by atoms with Crippen molar-refractivity contribution >= 4 is 41.3 Å². The van der Waals surface area contributed by atoms with Crippen LogP contribution in [0.2, 0.25) is 10.0 Å². The Hall–Kier alpha value is -4.13. The maximum absolute atomic E-state index is 12.5. The molecule has 0 spiro atoms. The van der Waals surface area contributed by atoms with Crippen LogP contribution in [0.4, 0.5) is 0 Å². The van der Waals surface area contributed by atoms with Gasteiger partial charge in [0.05, 0.1) is 11.8 Å². The number of para-hydroxylation sites is 1. The van der Waals surface area contributed by atoms with E-state index in [1.807, 2.05) is 12.1 Å². The smallest absolute Gasteiger partial charge is 0.343 e. The highest BCUT2D eigenvalue weighted by molar-refractivity contribution is 6.30. The number of carbonyl (C=O) groups is 2. The van der Waals surface area contributed by atoms with Gasteiger partial charge in [0.15, 0.2) is 0 Å². The molecule has 0 aliphatic rings. The number of amides is 1. The number of halogens is 2. The van der Waals surface area contributed by atoms with Crippen LogP contribution in [0.15, 0.2) is 102 Å². The molecule has 1 N–H and O–H groups in total. The molecule has 0 bridgehead atoms. The van der Waals surface area contributed by atoms with Crippen LogP contribution in [0.3, 0.4) is 0 Å². The van der Waals surface area contributed by atoms with E-state index in [0.717, 1.165) is 5.56 Å². The van der Waals surface area contributed by atoms with Gasteiger partial charge in [0.25, 0.3) is 5.91 Å². The van der Waals surface area contributed by atoms with Crippen molar-refractivity contribution in [1.29, 1.82) is 0 Å². The summed E-state index contributed by atoms with van der Waals surface area (Å²) in [6.07, 6.45) is 1.41. The lowest BCUT2D eigenvalue weighted by Crippen LogP contribution is -2.17. The van der Waals surface area contributed by atoms with Gasteiger partial charge in [0.2, 0.25) is 0 Å². The van der Waals surface area contributed by atoms with Crippen LogP contribution in [0, 0.1) is 0 Å². The highest BCUT2D eigenvalue weighted by Gasteiger charge is 2.11. The number of nitrogens with one attached hydrogen (secondary N) is 1. The first-order valence-electron chi connectivity index (χ1n) is 10.9. The molecule has 0 unspecified atom stereocenters. The van der Waals surface area contributed by atoms with Crippen LogP contribution < -0.4 is 14.9 Å². The minimum atomic E-state index is -0.532. The Kier molecular flexibility index (Phi) is 8.34. The molecule has 0 saturated carbocycles. The summed E-state index contributed by atoms with van der Waals surface area (Å²) in [6.45, 7) is 0.384. The highest BCUT2D eigenvalue weighted by Crippen LogP contribution is 2.19. The number of carbonyl (C=O) groups excluding carboxylic acids is 2. The Morgan fingerprint density at radius 3 is 2.08 bits per heavy atom. The largest absolute Gasteiger partial charge is 0.489 e. The average molecular weight is 519 g/mol. The zero-order valence-electron chi connectivity index (χ0n) is 18.9. The molecular formula is C28H20Cl2N2O4. The molecule has 180 valence electrons. The van der Waals surface area contributed by atoms with E-state index in [9.17, 15) is 9.59 Å². The molecule has 4 rings (SSSR count). The molecule has 0 saturated heterocycles. The molecule has 0 aromatic heterocycles. The third-order valence-electron chi connectivity index (χ3n) is 5.01. The molecule has 0 radical (unpaired) electrons. The fourth-order valence-corrected chi connectivity index (χ4v) is 3.35. The van der Waals surface area contributed by atoms with Crippen molar-refractivity contribution in [3.8, 4) is 11.5 Å². The van der Waals surface area contributed by atoms with Gasteiger partial charge in [-0.3, -0.25) is 4.79 Å². The van der Waals surface area contributed by atoms with Gasteiger partial charge in [-0.1, -0.05) is 47.5 Å². The van der Waals surface area contributed by atoms with Crippen molar-refractivity contribution in [1.82, 2.24) is 5.43 Å². The molecule has 4 aromatic carbocycles. The number of hydrogen-bond acceptors (Lipinski definition) is 5. The Balaban J connectivity index is 1.33. The van der Waals surface area contributed by atoms with Crippen molar-refractivity contribution in [3.05, 3.63) is 129 Å². The van der Waals surface area contributed by atoms with Crippen molar-refractivity contribution in [2.45, 2.75) is 6.61 Å². The quantitative estimate of drug-likeness (QED) is 0.124. The first kappa shape index (κ1) is 25.0. The zero-order valence-corrected chi connectivity index (χ0v) is 20.4. The Bertz CT molecular complexity index is 1370. The average Bonchev–Trinajstić information content (AvgIpc) is 2.90. The summed E-state index contributed by atoms with van der Waals surface area (Å²) in [5.41, 5.74) is 4.74. The fraction of sp³-hybridized carbons (Fsp3) is 0.0357. The molecule has 36 heavy (non-hydrogen) atoms. The van der Waals surface area contributed by atoms with E-state index < -0.39 is 11.9 Å². The topological polar surface area (TPSA) is 77.0 Å². The van der Waals surface area contributed by atoms with Crippen LogP contribution in [0.5, 0.6) is 11.5 Å². The van der Waals surface area contributed by atoms with Crippen LogP contribution in [-0.2, 0) is 6.61 Å². The number of hydrogen-bond donors (Lipinski definition) is 1. The number of ether oxygens (including phenoxy) is 2. The van der Waals surface area contributed by atoms with E-state index in [-0.39, 0.29) is 0 Å². The SMILES string of the molecule is O=C(NN=Cc1ccccc1OC(=O)c1ccc(Cl)cc1)c1ccc(OCc2ccc(Cl)cc2)cc1. The lowest BCUT2D eigenvalue weighted by Gasteiger charge is -2.08. The summed E-state index contributed by atoms with van der Waals surface area (Å²) in [7, 11) is 0. The standard InChI is InChI=1S/C28H20Cl2N2O4/c29-23-11-5-19(6-12-23)18-35-25-15-9-20(10-16-25)27(33)32-31-17-22-3-1-2-4-26(22)36-28(34)21-7-13-24(30)14-8-21/h1-17H,18H2,(H,32,33). The summed E-state index contributed by atoms with van der Waals surface area (Å²) >= 11 is 11.8. The molecule has 0 aliphatic heterocycles. The van der Waals surface area contributed by atoms with Gasteiger partial charge < -0.3 is 9.47 Å². The summed E-state index contributed by atoms with van der Waals surface area (Å²) < 4.78 is 11.2. The minimum Gasteiger partial charge on any atom is -0.489 e. The Morgan fingerprint density at radius 2 is 1.39 bits per heavy atom. The molecule has 0 fully saturated rings. The van der Waals surface area contributed by atoms with Gasteiger partial charge >= 0.3 is 5.97 Å². The van der Waals surface area contributed by atoms with Gasteiger partial charge in [-0.15, -0.1) is 0 Å². The lowest BCUT2D eigenvalue weighted by atomic mass is 10.2. The molecule has 8 heteroatoms. The molecule has 0 aliphatic carbocycles. The normalized spacial score (nSPS) is 10.7. The van der Waals surface area contributed by atoms with Gasteiger partial charge in [-0.05, 0) is 78.4 Å². The monoisotopic (exact) mass is 518 g/mol. The third kappa shape index (κ3) is 6.95. The number of rotatable bonds is 8. The van der Waals surface area contributed by atoms with Gasteiger partial charge in [-0.2, -0.15) is 5.10 Å². The highest BCUT2D eigenvalue weighted by atomic mass is 35.5. The molecule has 6 nitrogen and oxygen atoms in total. The summed E-state index contributed by atoms with van der Waals surface area (Å²) in [6, 6.07) is 27.3. The second-order valence-corrected chi connectivity index (χ2v) is 8.45. The molecule has 1 amide bonds. The van der Waals surface area contributed by atoms with Crippen molar-refractivity contribution in [3.63, 3.8) is 0 Å². The number of hydrazone groups is 1. The van der Waals surface area contributed by atoms with E-state index in [4.69, 9.17) is 32.7 Å². The summed E-state index contributed by atoms with van der Waals surface area (Å²) in [4.78, 5) is 24.9. The number of benzene rings is 4. The van der Waals surface area contributed by atoms with Crippen molar-refractivity contribution < 1.29 is 19.1 Å². The predicted octanol–water partition coefficient (Wildman–Crippen LogP) is 6.56. The van der Waals surface area contributed by atoms with E-state index in [1.54, 1.807) is 84.9 Å². The second kappa shape index (κ2) is 12.0. The van der Waals surface area contributed by atoms with Gasteiger partial charge in [-0.25, -0.2) is 10.2 Å². The first-order chi connectivity index (χ1) is 17.5. The minimum absolute atomic E-state index is 0.303. The zero-order chi connectivity index (χ0) is 25.3. The molecule has 0 atom stereocenters. The third-order valence-corrected chi connectivity index (χ3v) is 5.51. The van der Waals surface area contributed by atoms with Gasteiger partial charge in [0, 0.05) is 21.2 Å². The van der Waals surface area contributed by atoms with Crippen LogP contribution >= 0.6 is 23.2 Å². The fourth-order valence-electron chi connectivity index (χ4n) is 3.10. The molecular weight excluding hydrogens is 499 g/mol. The van der Waals surface area contributed by atoms with Gasteiger partial charge in [0.1, 0.15) is 18.1 Å². The summed E-state index contributed by atoms with van der Waals surface area (Å²) in [5, 5.41) is 5.19.